The molecule has 206 valence electrons. The fraction of sp³-hybridized carbons (Fsp3) is 0.419. The molecule has 8 heteroatoms. The van der Waals surface area contributed by atoms with E-state index in [0.29, 0.717) is 25.7 Å². The van der Waals surface area contributed by atoms with Crippen LogP contribution < -0.4 is 4.74 Å². The molecule has 2 amide bonds. The van der Waals surface area contributed by atoms with Crippen molar-refractivity contribution >= 4 is 23.2 Å². The minimum Gasteiger partial charge on any atom is -0.491 e. The molecule has 3 heterocycles. The van der Waals surface area contributed by atoms with E-state index in [0.717, 1.165) is 30.6 Å². The Labute approximate surface area is 233 Å². The van der Waals surface area contributed by atoms with Crippen LogP contribution in [-0.4, -0.2) is 60.6 Å². The number of hydrogen-bond donors (Lipinski definition) is 0. The minimum absolute atomic E-state index is 0.0354. The van der Waals surface area contributed by atoms with Crippen LogP contribution in [0.25, 0.3) is 0 Å². The van der Waals surface area contributed by atoms with Crippen molar-refractivity contribution in [2.75, 3.05) is 32.8 Å². The zero-order chi connectivity index (χ0) is 27.4. The average Bonchev–Trinajstić information content (AvgIpc) is 3.64. The van der Waals surface area contributed by atoms with E-state index < -0.39 is 11.7 Å². The molecule has 2 aliphatic heterocycles. The number of carbonyl (C=O) groups is 2. The fourth-order valence-corrected chi connectivity index (χ4v) is 6.24. The number of benzene rings is 2. The number of rotatable bonds is 9. The summed E-state index contributed by atoms with van der Waals surface area (Å²) >= 11 is 1.69. The molecule has 0 bridgehead atoms. The van der Waals surface area contributed by atoms with Gasteiger partial charge in [-0.15, -0.1) is 11.3 Å². The van der Waals surface area contributed by atoms with Gasteiger partial charge in [0.15, 0.2) is 0 Å². The van der Waals surface area contributed by atoms with Crippen LogP contribution in [0.3, 0.4) is 0 Å². The quantitative estimate of drug-likeness (QED) is 0.336. The van der Waals surface area contributed by atoms with Gasteiger partial charge in [0.05, 0.1) is 17.7 Å². The van der Waals surface area contributed by atoms with E-state index in [1.165, 1.54) is 27.5 Å². The van der Waals surface area contributed by atoms with Gasteiger partial charge in [-0.1, -0.05) is 38.1 Å². The molecular formula is C31H35FN2O4S. The van der Waals surface area contributed by atoms with Crippen LogP contribution in [-0.2, 0) is 16.0 Å². The van der Waals surface area contributed by atoms with Crippen molar-refractivity contribution < 1.29 is 23.5 Å². The molecule has 2 aliphatic rings. The maximum absolute atomic E-state index is 14.5. The van der Waals surface area contributed by atoms with E-state index in [4.69, 9.17) is 9.47 Å². The Morgan fingerprint density at radius 2 is 1.95 bits per heavy atom. The highest BCUT2D eigenvalue weighted by Crippen LogP contribution is 2.34. The first kappa shape index (κ1) is 27.3. The van der Waals surface area contributed by atoms with Gasteiger partial charge in [-0.05, 0) is 72.0 Å². The summed E-state index contributed by atoms with van der Waals surface area (Å²) in [6, 6.07) is 15.8. The first-order valence-electron chi connectivity index (χ1n) is 13.6. The number of nitrogens with zero attached hydrogens (tertiary/aromatic N) is 2. The molecule has 39 heavy (non-hydrogen) atoms. The van der Waals surface area contributed by atoms with E-state index in [9.17, 15) is 14.0 Å². The van der Waals surface area contributed by atoms with Crippen molar-refractivity contribution in [2.45, 2.75) is 51.2 Å². The Hall–Kier alpha value is -3.23. The van der Waals surface area contributed by atoms with Crippen molar-refractivity contribution in [3.8, 4) is 5.75 Å². The lowest BCUT2D eigenvalue weighted by Crippen LogP contribution is -2.49. The molecule has 0 unspecified atom stereocenters. The second-order valence-electron chi connectivity index (χ2n) is 10.5. The summed E-state index contributed by atoms with van der Waals surface area (Å²) in [5.41, 5.74) is 2.29. The molecule has 1 saturated heterocycles. The zero-order valence-electron chi connectivity index (χ0n) is 22.5. The third-order valence-electron chi connectivity index (χ3n) is 7.54. The van der Waals surface area contributed by atoms with E-state index in [1.807, 2.05) is 17.0 Å². The molecule has 1 fully saturated rings. The molecule has 2 atom stereocenters. The van der Waals surface area contributed by atoms with Gasteiger partial charge in [0.2, 0.25) is 5.91 Å². The van der Waals surface area contributed by atoms with Gasteiger partial charge in [-0.25, -0.2) is 4.39 Å². The summed E-state index contributed by atoms with van der Waals surface area (Å²) in [7, 11) is 0. The van der Waals surface area contributed by atoms with Gasteiger partial charge in [0.1, 0.15) is 24.7 Å². The highest BCUT2D eigenvalue weighted by atomic mass is 32.1. The number of ether oxygens (including phenoxy) is 2. The van der Waals surface area contributed by atoms with Crippen molar-refractivity contribution in [1.82, 2.24) is 9.80 Å². The van der Waals surface area contributed by atoms with Crippen LogP contribution in [0.15, 0.2) is 60.0 Å². The van der Waals surface area contributed by atoms with Crippen LogP contribution in [0.1, 0.15) is 65.0 Å². The van der Waals surface area contributed by atoms with E-state index in [1.54, 1.807) is 23.5 Å². The number of thiophene rings is 1. The summed E-state index contributed by atoms with van der Waals surface area (Å²) in [6.45, 7) is 5.88. The Balaban J connectivity index is 1.34. The predicted molar refractivity (Wildman–Crippen MR) is 150 cm³/mol. The number of hydrogen-bond acceptors (Lipinski definition) is 5. The molecule has 0 N–H and O–H groups in total. The van der Waals surface area contributed by atoms with E-state index in [2.05, 4.69) is 37.4 Å². The molecule has 1 aromatic heterocycles. The van der Waals surface area contributed by atoms with Crippen LogP contribution >= 0.6 is 11.3 Å². The lowest BCUT2D eigenvalue weighted by Gasteiger charge is -2.37. The fourth-order valence-electron chi connectivity index (χ4n) is 5.31. The maximum atomic E-state index is 14.5. The lowest BCUT2D eigenvalue weighted by atomic mass is 10.00. The molecule has 0 aliphatic carbocycles. The molecule has 0 spiro atoms. The zero-order valence-corrected chi connectivity index (χ0v) is 23.3. The summed E-state index contributed by atoms with van der Waals surface area (Å²) in [5.74, 6) is -0.0862. The Bertz CT molecular complexity index is 1290. The Kier molecular flexibility index (Phi) is 8.63. The monoisotopic (exact) mass is 550 g/mol. The molecule has 6 nitrogen and oxygen atoms in total. The third kappa shape index (κ3) is 6.34. The lowest BCUT2D eigenvalue weighted by molar-refractivity contribution is -0.135. The second kappa shape index (κ2) is 12.3. The minimum atomic E-state index is -0.595. The van der Waals surface area contributed by atoms with Gasteiger partial charge < -0.3 is 19.3 Å². The van der Waals surface area contributed by atoms with Crippen molar-refractivity contribution in [3.63, 3.8) is 0 Å². The van der Waals surface area contributed by atoms with Gasteiger partial charge in [-0.3, -0.25) is 9.59 Å². The number of halogens is 1. The smallest absolute Gasteiger partial charge is 0.257 e. The SMILES string of the molecule is CC(C)c1ccc(OC[C@@H]2c3ccsc3CCN2C(=O)CN(C[C@@H]2CCCO2)C(=O)c2ccccc2F)cc1. The van der Waals surface area contributed by atoms with Crippen molar-refractivity contribution in [1.29, 1.82) is 0 Å². The summed E-state index contributed by atoms with van der Waals surface area (Å²) < 4.78 is 26.5. The Morgan fingerprint density at radius 1 is 1.15 bits per heavy atom. The largest absolute Gasteiger partial charge is 0.491 e. The first-order chi connectivity index (χ1) is 18.9. The molecule has 2 aromatic carbocycles. The summed E-state index contributed by atoms with van der Waals surface area (Å²) in [6.07, 6.45) is 2.31. The van der Waals surface area contributed by atoms with Crippen molar-refractivity contribution in [3.05, 3.63) is 87.4 Å². The predicted octanol–water partition coefficient (Wildman–Crippen LogP) is 5.84. The third-order valence-corrected chi connectivity index (χ3v) is 8.53. The van der Waals surface area contributed by atoms with Gasteiger partial charge in [0.25, 0.3) is 5.91 Å². The second-order valence-corrected chi connectivity index (χ2v) is 11.5. The molecular weight excluding hydrogens is 515 g/mol. The molecule has 3 aromatic rings. The topological polar surface area (TPSA) is 59.1 Å². The highest BCUT2D eigenvalue weighted by molar-refractivity contribution is 7.10. The standard InChI is InChI=1S/C31H35FN2O4S/c1-21(2)22-9-11-23(12-10-22)38-20-28-26-14-17-39-29(26)13-15-34(28)30(35)19-33(18-24-6-5-16-37-24)31(36)25-7-3-4-8-27(25)32/h3-4,7-12,14,17,21,24,28H,5-6,13,15-16,18-20H2,1-2H3/t24-,28+/m0/s1. The number of fused-ring (bicyclic) bond motifs is 1. The van der Waals surface area contributed by atoms with Gasteiger partial charge >= 0.3 is 0 Å². The maximum Gasteiger partial charge on any atom is 0.257 e. The molecule has 0 radical (unpaired) electrons. The number of amides is 2. The summed E-state index contributed by atoms with van der Waals surface area (Å²) in [4.78, 5) is 31.8. The van der Waals surface area contributed by atoms with Gasteiger partial charge in [-0.2, -0.15) is 0 Å². The number of carbonyl (C=O) groups excluding carboxylic acids is 2. The van der Waals surface area contributed by atoms with Gasteiger partial charge in [0, 0.05) is 24.6 Å². The molecule has 0 saturated carbocycles. The Morgan fingerprint density at radius 3 is 2.67 bits per heavy atom. The van der Waals surface area contributed by atoms with Crippen molar-refractivity contribution in [2.24, 2.45) is 0 Å². The normalized spacial score (nSPS) is 18.7. The van der Waals surface area contributed by atoms with Crippen LogP contribution in [0, 0.1) is 5.82 Å². The van der Waals surface area contributed by atoms with Crippen LogP contribution in [0.2, 0.25) is 0 Å². The van der Waals surface area contributed by atoms with E-state index >= 15 is 0 Å². The van der Waals surface area contributed by atoms with E-state index in [-0.39, 0.29) is 36.7 Å². The summed E-state index contributed by atoms with van der Waals surface area (Å²) in [5, 5.41) is 2.05. The highest BCUT2D eigenvalue weighted by Gasteiger charge is 2.35. The van der Waals surface area contributed by atoms with Crippen LogP contribution in [0.5, 0.6) is 5.75 Å². The molecule has 5 rings (SSSR count). The first-order valence-corrected chi connectivity index (χ1v) is 14.5. The average molecular weight is 551 g/mol. The van der Waals surface area contributed by atoms with Crippen LogP contribution in [0.4, 0.5) is 4.39 Å².